The van der Waals surface area contributed by atoms with Gasteiger partial charge in [0.1, 0.15) is 6.04 Å². The fraction of sp³-hybridized carbons (Fsp3) is 0.278. The largest absolute Gasteiger partial charge is 0.353 e. The number of para-hydroxylation sites is 1. The van der Waals surface area contributed by atoms with Crippen LogP contribution < -0.4 is 9.62 Å². The monoisotopic (exact) mass is 378 g/mol. The predicted molar refractivity (Wildman–Crippen MR) is 103 cm³/mol. The molecule has 0 aliphatic carbocycles. The summed E-state index contributed by atoms with van der Waals surface area (Å²) in [5.74, 6) is 0.398. The summed E-state index contributed by atoms with van der Waals surface area (Å²) in [6.45, 7) is 2.06. The molecule has 25 heavy (non-hydrogen) atoms. The molecule has 1 N–H and O–H groups in total. The number of amides is 1. The number of rotatable bonds is 8. The third-order valence-corrected chi connectivity index (χ3v) is 5.77. The van der Waals surface area contributed by atoms with Crippen molar-refractivity contribution in [2.45, 2.75) is 17.9 Å². The zero-order chi connectivity index (χ0) is 18.3. The van der Waals surface area contributed by atoms with E-state index in [-0.39, 0.29) is 5.91 Å². The molecule has 0 radical (unpaired) electrons. The van der Waals surface area contributed by atoms with Gasteiger partial charge in [0, 0.05) is 17.2 Å². The van der Waals surface area contributed by atoms with Crippen LogP contribution in [-0.4, -0.2) is 38.9 Å². The van der Waals surface area contributed by atoms with Crippen molar-refractivity contribution in [3.05, 3.63) is 60.7 Å². The summed E-state index contributed by atoms with van der Waals surface area (Å²) in [7, 11) is -3.57. The molecule has 0 aromatic heterocycles. The molecule has 0 heterocycles. The van der Waals surface area contributed by atoms with Gasteiger partial charge < -0.3 is 5.32 Å². The summed E-state index contributed by atoms with van der Waals surface area (Å²) in [6, 6.07) is 17.7. The van der Waals surface area contributed by atoms with Crippen molar-refractivity contribution in [2.24, 2.45) is 0 Å². The van der Waals surface area contributed by atoms with Gasteiger partial charge in [-0.2, -0.15) is 0 Å². The van der Waals surface area contributed by atoms with Crippen LogP contribution in [0.3, 0.4) is 0 Å². The molecule has 1 amide bonds. The van der Waals surface area contributed by atoms with Gasteiger partial charge in [0.25, 0.3) is 0 Å². The number of nitrogens with zero attached hydrogens (tertiary/aromatic N) is 1. The topological polar surface area (TPSA) is 66.5 Å². The van der Waals surface area contributed by atoms with Crippen LogP contribution >= 0.6 is 11.8 Å². The standard InChI is InChI=1S/C18H22N2O3S2/c1-15(20(25(2,22)23)16-9-5-3-6-10-16)18(21)19-13-14-24-17-11-7-4-8-12-17/h3-12,15H,13-14H2,1-2H3,(H,19,21)/t15-/m0/s1. The van der Waals surface area contributed by atoms with Crippen LogP contribution in [0, 0.1) is 0 Å². The van der Waals surface area contributed by atoms with E-state index < -0.39 is 16.1 Å². The normalized spacial score (nSPS) is 12.4. The molecule has 5 nitrogen and oxygen atoms in total. The number of nitrogens with one attached hydrogen (secondary N) is 1. The van der Waals surface area contributed by atoms with Crippen LogP contribution in [0.1, 0.15) is 6.92 Å². The Hall–Kier alpha value is -1.99. The van der Waals surface area contributed by atoms with Crippen molar-refractivity contribution in [2.75, 3.05) is 22.9 Å². The van der Waals surface area contributed by atoms with E-state index in [2.05, 4.69) is 5.32 Å². The van der Waals surface area contributed by atoms with Gasteiger partial charge in [-0.3, -0.25) is 9.10 Å². The van der Waals surface area contributed by atoms with Gasteiger partial charge in [-0.1, -0.05) is 36.4 Å². The maximum absolute atomic E-state index is 12.4. The first-order chi connectivity index (χ1) is 11.9. The Labute approximate surface area is 153 Å². The summed E-state index contributed by atoms with van der Waals surface area (Å²) in [5.41, 5.74) is 0.478. The van der Waals surface area contributed by atoms with Gasteiger partial charge in [-0.15, -0.1) is 11.8 Å². The van der Waals surface area contributed by atoms with E-state index in [0.717, 1.165) is 15.5 Å². The van der Waals surface area contributed by atoms with Gasteiger partial charge in [0.15, 0.2) is 0 Å². The average molecular weight is 379 g/mol. The number of hydrogen-bond acceptors (Lipinski definition) is 4. The summed E-state index contributed by atoms with van der Waals surface area (Å²) >= 11 is 1.64. The van der Waals surface area contributed by atoms with Crippen molar-refractivity contribution in [3.8, 4) is 0 Å². The van der Waals surface area contributed by atoms with Crippen molar-refractivity contribution in [1.82, 2.24) is 5.32 Å². The zero-order valence-corrected chi connectivity index (χ0v) is 15.9. The van der Waals surface area contributed by atoms with E-state index in [9.17, 15) is 13.2 Å². The van der Waals surface area contributed by atoms with E-state index >= 15 is 0 Å². The molecule has 134 valence electrons. The highest BCUT2D eigenvalue weighted by molar-refractivity contribution is 7.99. The van der Waals surface area contributed by atoms with E-state index in [1.807, 2.05) is 30.3 Å². The minimum absolute atomic E-state index is 0.317. The number of hydrogen-bond donors (Lipinski definition) is 1. The van der Waals surface area contributed by atoms with Crippen LogP contribution in [0.5, 0.6) is 0 Å². The summed E-state index contributed by atoms with van der Waals surface area (Å²) in [6.07, 6.45) is 1.11. The third-order valence-electron chi connectivity index (χ3n) is 3.51. The quantitative estimate of drug-likeness (QED) is 0.567. The van der Waals surface area contributed by atoms with Crippen LogP contribution in [0.2, 0.25) is 0 Å². The lowest BCUT2D eigenvalue weighted by atomic mass is 10.2. The number of benzene rings is 2. The smallest absolute Gasteiger partial charge is 0.243 e. The van der Waals surface area contributed by atoms with E-state index in [1.165, 1.54) is 0 Å². The van der Waals surface area contributed by atoms with Crippen molar-refractivity contribution in [3.63, 3.8) is 0 Å². The minimum Gasteiger partial charge on any atom is -0.353 e. The van der Waals surface area contributed by atoms with E-state index in [1.54, 1.807) is 49.0 Å². The minimum atomic E-state index is -3.57. The maximum atomic E-state index is 12.4. The molecule has 0 unspecified atom stereocenters. The highest BCUT2D eigenvalue weighted by Gasteiger charge is 2.28. The Morgan fingerprint density at radius 3 is 2.20 bits per heavy atom. The summed E-state index contributed by atoms with van der Waals surface area (Å²) < 4.78 is 25.4. The summed E-state index contributed by atoms with van der Waals surface area (Å²) in [4.78, 5) is 13.5. The first kappa shape index (κ1) is 19.3. The molecular weight excluding hydrogens is 356 g/mol. The second kappa shape index (κ2) is 8.92. The molecule has 2 aromatic rings. The molecule has 0 saturated carbocycles. The number of carbonyl (C=O) groups excluding carboxylic acids is 1. The SMILES string of the molecule is C[C@@H](C(=O)NCCSc1ccccc1)N(c1ccccc1)S(C)(=O)=O. The highest BCUT2D eigenvalue weighted by Crippen LogP contribution is 2.20. The predicted octanol–water partition coefficient (Wildman–Crippen LogP) is 2.75. The zero-order valence-electron chi connectivity index (χ0n) is 14.3. The van der Waals surface area contributed by atoms with Crippen LogP contribution in [0.25, 0.3) is 0 Å². The molecule has 0 aliphatic heterocycles. The Morgan fingerprint density at radius 1 is 1.08 bits per heavy atom. The second-order valence-electron chi connectivity index (χ2n) is 5.52. The van der Waals surface area contributed by atoms with E-state index in [4.69, 9.17) is 0 Å². The second-order valence-corrected chi connectivity index (χ2v) is 8.55. The molecule has 2 rings (SSSR count). The molecule has 0 spiro atoms. The third kappa shape index (κ3) is 5.79. The van der Waals surface area contributed by atoms with Crippen molar-refractivity contribution < 1.29 is 13.2 Å². The molecule has 0 bridgehead atoms. The molecule has 0 aliphatic rings. The lowest BCUT2D eigenvalue weighted by molar-refractivity contribution is -0.121. The number of thioether (sulfide) groups is 1. The highest BCUT2D eigenvalue weighted by atomic mass is 32.2. The first-order valence-electron chi connectivity index (χ1n) is 7.89. The molecule has 1 atom stereocenters. The van der Waals surface area contributed by atoms with Crippen molar-refractivity contribution >= 4 is 33.4 Å². The fourth-order valence-electron chi connectivity index (χ4n) is 2.39. The molecule has 0 fully saturated rings. The van der Waals surface area contributed by atoms with Crippen LogP contribution in [0.4, 0.5) is 5.69 Å². The number of sulfonamides is 1. The fourth-order valence-corrected chi connectivity index (χ4v) is 4.36. The lowest BCUT2D eigenvalue weighted by Crippen LogP contribution is -2.48. The Bertz CT molecular complexity index is 780. The van der Waals surface area contributed by atoms with Gasteiger partial charge in [-0.05, 0) is 31.2 Å². The molecule has 2 aromatic carbocycles. The molecule has 0 saturated heterocycles. The Morgan fingerprint density at radius 2 is 1.64 bits per heavy atom. The van der Waals surface area contributed by atoms with Crippen LogP contribution in [-0.2, 0) is 14.8 Å². The van der Waals surface area contributed by atoms with E-state index in [0.29, 0.717) is 18.0 Å². The number of carbonyl (C=O) groups is 1. The summed E-state index contributed by atoms with van der Waals surface area (Å²) in [5, 5.41) is 2.81. The van der Waals surface area contributed by atoms with Gasteiger partial charge in [0.05, 0.1) is 11.9 Å². The maximum Gasteiger partial charge on any atom is 0.243 e. The van der Waals surface area contributed by atoms with Gasteiger partial charge >= 0.3 is 0 Å². The Balaban J connectivity index is 1.94. The van der Waals surface area contributed by atoms with Crippen LogP contribution in [0.15, 0.2) is 65.6 Å². The molecular formula is C18H22N2O3S2. The van der Waals surface area contributed by atoms with Crippen molar-refractivity contribution in [1.29, 1.82) is 0 Å². The molecule has 7 heteroatoms. The number of anilines is 1. The van der Waals surface area contributed by atoms with Gasteiger partial charge in [-0.25, -0.2) is 8.42 Å². The van der Waals surface area contributed by atoms with Gasteiger partial charge in [0.2, 0.25) is 15.9 Å². The Kier molecular flexibility index (Phi) is 6.90. The average Bonchev–Trinajstić information content (AvgIpc) is 2.59. The first-order valence-corrected chi connectivity index (χ1v) is 10.7. The lowest BCUT2D eigenvalue weighted by Gasteiger charge is -2.28.